The van der Waals surface area contributed by atoms with Crippen LogP contribution in [0.4, 0.5) is 0 Å². The first-order valence-electron chi connectivity index (χ1n) is 10.2. The van der Waals surface area contributed by atoms with Crippen molar-refractivity contribution in [3.63, 3.8) is 0 Å². The summed E-state index contributed by atoms with van der Waals surface area (Å²) >= 11 is 0. The van der Waals surface area contributed by atoms with Gasteiger partial charge in [-0.05, 0) is 74.5 Å². The maximum absolute atomic E-state index is 12.3. The van der Waals surface area contributed by atoms with E-state index in [1.165, 1.54) is 19.3 Å². The maximum Gasteiger partial charge on any atom is 0.133 e. The lowest BCUT2D eigenvalue weighted by atomic mass is 9.44. The van der Waals surface area contributed by atoms with E-state index in [1.807, 2.05) is 0 Å². The lowest BCUT2D eigenvalue weighted by molar-refractivity contribution is -0.133. The molecule has 5 fully saturated rings. The molecule has 3 nitrogen and oxygen atoms in total. The Kier molecular flexibility index (Phi) is 3.20. The zero-order valence-electron chi connectivity index (χ0n) is 15.3. The molecule has 0 aromatic heterocycles. The van der Waals surface area contributed by atoms with Crippen molar-refractivity contribution < 1.29 is 14.6 Å². The van der Waals surface area contributed by atoms with E-state index in [4.69, 9.17) is 4.74 Å². The van der Waals surface area contributed by atoms with Crippen LogP contribution in [-0.4, -0.2) is 29.2 Å². The smallest absolute Gasteiger partial charge is 0.133 e. The van der Waals surface area contributed by atoms with E-state index < -0.39 is 0 Å². The van der Waals surface area contributed by atoms with Crippen molar-refractivity contribution >= 4 is 5.78 Å². The fraction of sp³-hybridized carbons (Fsp3) is 0.952. The minimum absolute atomic E-state index is 0.146. The molecule has 1 N–H and O–H groups in total. The summed E-state index contributed by atoms with van der Waals surface area (Å²) in [6.45, 7) is 6.67. The normalized spacial score (nSPS) is 61.3. The molecule has 1 saturated heterocycles. The minimum Gasteiger partial charge on any atom is -0.393 e. The first-order valence-corrected chi connectivity index (χ1v) is 10.2. The van der Waals surface area contributed by atoms with Crippen LogP contribution < -0.4 is 0 Å². The second-order valence-corrected chi connectivity index (χ2v) is 10.2. The molecule has 4 saturated carbocycles. The molecule has 5 rings (SSSR count). The van der Waals surface area contributed by atoms with Crippen LogP contribution in [-0.2, 0) is 9.53 Å². The molecule has 0 amide bonds. The van der Waals surface area contributed by atoms with E-state index in [0.717, 1.165) is 31.6 Å². The number of ether oxygens (including phenoxy) is 1. The minimum atomic E-state index is -0.176. The van der Waals surface area contributed by atoms with E-state index in [2.05, 4.69) is 13.8 Å². The summed E-state index contributed by atoms with van der Waals surface area (Å²) in [5.41, 5.74) is 0.412. The molecule has 134 valence electrons. The third kappa shape index (κ3) is 1.74. The van der Waals surface area contributed by atoms with Crippen molar-refractivity contribution in [2.75, 3.05) is 0 Å². The molecule has 4 aliphatic carbocycles. The number of carbonyl (C=O) groups excluding carboxylic acids is 1. The highest BCUT2D eigenvalue weighted by Crippen LogP contribution is 2.71. The standard InChI is InChI=1S/C21H32O3/c1-11(22)15-6-7-16-14-5-4-12-8-13(23)9-18-21(12,3)19(14)17(24-18)10-20(15,16)2/h12-19,23H,4-10H2,1-3H3/t12-,13-,14-,15+,16-,17+,18+,19+,20+,21+/m0/s1. The Morgan fingerprint density at radius 3 is 2.67 bits per heavy atom. The Morgan fingerprint density at radius 1 is 1.12 bits per heavy atom. The van der Waals surface area contributed by atoms with E-state index in [9.17, 15) is 9.90 Å². The molecule has 24 heavy (non-hydrogen) atoms. The van der Waals surface area contributed by atoms with E-state index in [-0.39, 0.29) is 29.0 Å². The SMILES string of the molecule is CC(=O)[C@H]1CC[C@H]2[C@@H]3CC[C@H]4C[C@H](O)C[C@H]5O[C@H](C[C@]12C)[C@@H]3[C@]45C. The van der Waals surface area contributed by atoms with Crippen molar-refractivity contribution in [1.29, 1.82) is 0 Å². The number of ketones is 1. The molecule has 0 bridgehead atoms. The predicted molar refractivity (Wildman–Crippen MR) is 91.3 cm³/mol. The molecule has 3 heteroatoms. The van der Waals surface area contributed by atoms with Gasteiger partial charge in [-0.15, -0.1) is 0 Å². The van der Waals surface area contributed by atoms with Crippen LogP contribution in [0.1, 0.15) is 65.7 Å². The Labute approximate surface area is 145 Å². The third-order valence-electron chi connectivity index (χ3n) is 9.44. The molecule has 0 spiro atoms. The van der Waals surface area contributed by atoms with Crippen LogP contribution in [0.5, 0.6) is 0 Å². The largest absolute Gasteiger partial charge is 0.393 e. The average molecular weight is 332 g/mol. The van der Waals surface area contributed by atoms with Crippen LogP contribution in [0, 0.1) is 40.4 Å². The number of aliphatic hydroxyl groups excluding tert-OH is 1. The van der Waals surface area contributed by atoms with Gasteiger partial charge < -0.3 is 9.84 Å². The Morgan fingerprint density at radius 2 is 1.92 bits per heavy atom. The van der Waals surface area contributed by atoms with Crippen LogP contribution in [0.3, 0.4) is 0 Å². The number of rotatable bonds is 1. The highest BCUT2D eigenvalue weighted by molar-refractivity contribution is 5.79. The fourth-order valence-electron chi connectivity index (χ4n) is 8.56. The van der Waals surface area contributed by atoms with Gasteiger partial charge in [0, 0.05) is 17.8 Å². The Bertz CT molecular complexity index is 573. The van der Waals surface area contributed by atoms with Gasteiger partial charge in [0.05, 0.1) is 18.3 Å². The summed E-state index contributed by atoms with van der Waals surface area (Å²) in [6.07, 6.45) is 8.11. The zero-order chi connectivity index (χ0) is 16.9. The predicted octanol–water partition coefficient (Wildman–Crippen LogP) is 3.58. The van der Waals surface area contributed by atoms with Crippen molar-refractivity contribution in [1.82, 2.24) is 0 Å². The second kappa shape index (κ2) is 4.85. The van der Waals surface area contributed by atoms with Crippen LogP contribution >= 0.6 is 0 Å². The fourth-order valence-corrected chi connectivity index (χ4v) is 8.56. The molecule has 0 aromatic carbocycles. The summed E-state index contributed by atoms with van der Waals surface area (Å²) in [4.78, 5) is 12.3. The third-order valence-corrected chi connectivity index (χ3v) is 9.44. The number of Topliss-reactive ketones (excluding diaryl/α,β-unsaturated/α-hetero) is 1. The van der Waals surface area contributed by atoms with Crippen molar-refractivity contribution in [2.24, 2.45) is 40.4 Å². The van der Waals surface area contributed by atoms with Gasteiger partial charge in [0.2, 0.25) is 0 Å². The van der Waals surface area contributed by atoms with Gasteiger partial charge in [-0.2, -0.15) is 0 Å². The summed E-state index contributed by atoms with van der Waals surface area (Å²) in [7, 11) is 0. The van der Waals surface area contributed by atoms with Gasteiger partial charge in [0.25, 0.3) is 0 Å². The lowest BCUT2D eigenvalue weighted by Crippen LogP contribution is -2.57. The number of carbonyl (C=O) groups is 1. The second-order valence-electron chi connectivity index (χ2n) is 10.2. The van der Waals surface area contributed by atoms with Gasteiger partial charge in [-0.1, -0.05) is 13.8 Å². The Hall–Kier alpha value is -0.410. The van der Waals surface area contributed by atoms with E-state index >= 15 is 0 Å². The number of fused-ring (bicyclic) bond motifs is 2. The quantitative estimate of drug-likeness (QED) is 0.798. The first kappa shape index (κ1) is 15.8. The summed E-state index contributed by atoms with van der Waals surface area (Å²) in [6, 6.07) is 0. The van der Waals surface area contributed by atoms with Gasteiger partial charge in [0.15, 0.2) is 0 Å². The molecule has 5 aliphatic rings. The summed E-state index contributed by atoms with van der Waals surface area (Å²) in [5.74, 6) is 3.37. The zero-order valence-corrected chi connectivity index (χ0v) is 15.3. The molecule has 0 unspecified atom stereocenters. The molecule has 0 radical (unpaired) electrons. The van der Waals surface area contributed by atoms with Crippen molar-refractivity contribution in [3.8, 4) is 0 Å². The summed E-state index contributed by atoms with van der Waals surface area (Å²) < 4.78 is 6.65. The monoisotopic (exact) mass is 332 g/mol. The highest BCUT2D eigenvalue weighted by atomic mass is 16.5. The number of aliphatic hydroxyl groups is 1. The molecule has 1 aliphatic heterocycles. The molecular formula is C21H32O3. The van der Waals surface area contributed by atoms with Gasteiger partial charge >= 0.3 is 0 Å². The van der Waals surface area contributed by atoms with Gasteiger partial charge in [-0.25, -0.2) is 0 Å². The lowest BCUT2D eigenvalue weighted by Gasteiger charge is -2.58. The van der Waals surface area contributed by atoms with E-state index in [1.54, 1.807) is 6.92 Å². The van der Waals surface area contributed by atoms with Crippen LogP contribution in [0.2, 0.25) is 0 Å². The van der Waals surface area contributed by atoms with E-state index in [0.29, 0.717) is 29.6 Å². The Balaban J connectivity index is 1.55. The number of hydrogen-bond donors (Lipinski definition) is 1. The molecule has 0 aromatic rings. The first-order chi connectivity index (χ1) is 11.4. The number of hydrogen-bond acceptors (Lipinski definition) is 3. The van der Waals surface area contributed by atoms with Gasteiger partial charge in [-0.3, -0.25) is 4.79 Å². The van der Waals surface area contributed by atoms with Crippen LogP contribution in [0.15, 0.2) is 0 Å². The molecule has 1 heterocycles. The average Bonchev–Trinajstić information content (AvgIpc) is 2.98. The topological polar surface area (TPSA) is 46.5 Å². The highest BCUT2D eigenvalue weighted by Gasteiger charge is 2.69. The van der Waals surface area contributed by atoms with Crippen LogP contribution in [0.25, 0.3) is 0 Å². The van der Waals surface area contributed by atoms with Crippen molar-refractivity contribution in [2.45, 2.75) is 84.0 Å². The maximum atomic E-state index is 12.3. The van der Waals surface area contributed by atoms with Crippen molar-refractivity contribution in [3.05, 3.63) is 0 Å². The molecular weight excluding hydrogens is 300 g/mol. The van der Waals surface area contributed by atoms with Gasteiger partial charge in [0.1, 0.15) is 5.78 Å². The summed E-state index contributed by atoms with van der Waals surface area (Å²) in [5, 5.41) is 10.3. The molecule has 10 atom stereocenters.